The van der Waals surface area contributed by atoms with Crippen LogP contribution in [-0.2, 0) is 9.47 Å². The SMILES string of the molecule is NC1CCCC1CCOC1CCOC1. The van der Waals surface area contributed by atoms with Crippen LogP contribution < -0.4 is 5.73 Å². The van der Waals surface area contributed by atoms with Crippen LogP contribution in [0.15, 0.2) is 0 Å². The zero-order valence-electron chi connectivity index (χ0n) is 8.78. The van der Waals surface area contributed by atoms with Crippen LogP contribution in [-0.4, -0.2) is 32.0 Å². The predicted octanol–water partition coefficient (Wildman–Crippen LogP) is 1.31. The van der Waals surface area contributed by atoms with E-state index in [0.29, 0.717) is 18.1 Å². The topological polar surface area (TPSA) is 44.5 Å². The van der Waals surface area contributed by atoms with Gasteiger partial charge in [-0.15, -0.1) is 0 Å². The van der Waals surface area contributed by atoms with Crippen molar-refractivity contribution >= 4 is 0 Å². The first-order valence-corrected chi connectivity index (χ1v) is 5.81. The molecular formula is C11H21NO2. The Morgan fingerprint density at radius 1 is 1.29 bits per heavy atom. The molecule has 2 fully saturated rings. The van der Waals surface area contributed by atoms with E-state index in [2.05, 4.69) is 0 Å². The summed E-state index contributed by atoms with van der Waals surface area (Å²) >= 11 is 0. The predicted molar refractivity (Wildman–Crippen MR) is 55.1 cm³/mol. The first kappa shape index (κ1) is 10.4. The van der Waals surface area contributed by atoms with Crippen LogP contribution in [0.4, 0.5) is 0 Å². The van der Waals surface area contributed by atoms with Crippen molar-refractivity contribution in [3.63, 3.8) is 0 Å². The molecule has 3 heteroatoms. The zero-order valence-corrected chi connectivity index (χ0v) is 8.78. The van der Waals surface area contributed by atoms with Gasteiger partial charge in [-0.1, -0.05) is 6.42 Å². The van der Waals surface area contributed by atoms with Crippen molar-refractivity contribution in [1.29, 1.82) is 0 Å². The van der Waals surface area contributed by atoms with Crippen LogP contribution in [0.25, 0.3) is 0 Å². The molecule has 3 nitrogen and oxygen atoms in total. The highest BCUT2D eigenvalue weighted by atomic mass is 16.5. The van der Waals surface area contributed by atoms with Gasteiger partial charge in [0.05, 0.1) is 12.7 Å². The fourth-order valence-electron chi connectivity index (χ4n) is 2.45. The molecule has 1 saturated heterocycles. The van der Waals surface area contributed by atoms with E-state index in [-0.39, 0.29) is 0 Å². The highest BCUT2D eigenvalue weighted by Gasteiger charge is 2.24. The Morgan fingerprint density at radius 2 is 2.21 bits per heavy atom. The van der Waals surface area contributed by atoms with Gasteiger partial charge in [-0.05, 0) is 31.6 Å². The van der Waals surface area contributed by atoms with E-state index < -0.39 is 0 Å². The Kier molecular flexibility index (Phi) is 3.79. The summed E-state index contributed by atoms with van der Waals surface area (Å²) in [5, 5.41) is 0. The van der Waals surface area contributed by atoms with Gasteiger partial charge in [0.25, 0.3) is 0 Å². The van der Waals surface area contributed by atoms with Gasteiger partial charge in [0.1, 0.15) is 0 Å². The summed E-state index contributed by atoms with van der Waals surface area (Å²) in [5.41, 5.74) is 5.99. The van der Waals surface area contributed by atoms with Crippen LogP contribution in [0.5, 0.6) is 0 Å². The van der Waals surface area contributed by atoms with Gasteiger partial charge in [-0.2, -0.15) is 0 Å². The minimum Gasteiger partial charge on any atom is -0.379 e. The number of ether oxygens (including phenoxy) is 2. The van der Waals surface area contributed by atoms with E-state index in [1.807, 2.05) is 0 Å². The zero-order chi connectivity index (χ0) is 9.80. The van der Waals surface area contributed by atoms with Gasteiger partial charge in [0.2, 0.25) is 0 Å². The summed E-state index contributed by atoms with van der Waals surface area (Å²) in [6, 6.07) is 0.429. The quantitative estimate of drug-likeness (QED) is 0.742. The van der Waals surface area contributed by atoms with E-state index in [0.717, 1.165) is 32.7 Å². The maximum Gasteiger partial charge on any atom is 0.0830 e. The molecule has 2 aliphatic rings. The molecule has 0 amide bonds. The van der Waals surface area contributed by atoms with E-state index in [1.165, 1.54) is 19.3 Å². The highest BCUT2D eigenvalue weighted by molar-refractivity contribution is 4.79. The normalized spacial score (nSPS) is 37.9. The second kappa shape index (κ2) is 5.10. The van der Waals surface area contributed by atoms with Crippen LogP contribution >= 0.6 is 0 Å². The summed E-state index contributed by atoms with van der Waals surface area (Å²) in [6.07, 6.45) is 6.36. The summed E-state index contributed by atoms with van der Waals surface area (Å²) in [7, 11) is 0. The van der Waals surface area contributed by atoms with Crippen molar-refractivity contribution < 1.29 is 9.47 Å². The smallest absolute Gasteiger partial charge is 0.0830 e. The van der Waals surface area contributed by atoms with Gasteiger partial charge in [0, 0.05) is 19.3 Å². The summed E-state index contributed by atoms with van der Waals surface area (Å²) in [4.78, 5) is 0. The lowest BCUT2D eigenvalue weighted by Gasteiger charge is -2.16. The Labute approximate surface area is 85.9 Å². The molecule has 14 heavy (non-hydrogen) atoms. The lowest BCUT2D eigenvalue weighted by molar-refractivity contribution is 0.0349. The molecule has 1 saturated carbocycles. The molecule has 0 aromatic rings. The monoisotopic (exact) mass is 199 g/mol. The van der Waals surface area contributed by atoms with Crippen molar-refractivity contribution in [2.75, 3.05) is 19.8 Å². The van der Waals surface area contributed by atoms with Gasteiger partial charge in [0.15, 0.2) is 0 Å². The Hall–Kier alpha value is -0.120. The van der Waals surface area contributed by atoms with Gasteiger partial charge < -0.3 is 15.2 Å². The average Bonchev–Trinajstić information content (AvgIpc) is 2.78. The standard InChI is InChI=1S/C11H21NO2/c12-11-3-1-2-9(11)4-7-14-10-5-6-13-8-10/h9-11H,1-8,12H2. The number of rotatable bonds is 4. The second-order valence-electron chi connectivity index (χ2n) is 4.50. The molecular weight excluding hydrogens is 178 g/mol. The van der Waals surface area contributed by atoms with E-state index in [9.17, 15) is 0 Å². The minimum atomic E-state index is 0.354. The summed E-state index contributed by atoms with van der Waals surface area (Å²) in [6.45, 7) is 2.52. The molecule has 1 aliphatic heterocycles. The third-order valence-electron chi connectivity index (χ3n) is 3.45. The summed E-state index contributed by atoms with van der Waals surface area (Å²) in [5.74, 6) is 0.706. The maximum atomic E-state index is 5.99. The first-order chi connectivity index (χ1) is 6.86. The third-order valence-corrected chi connectivity index (χ3v) is 3.45. The number of nitrogens with two attached hydrogens (primary N) is 1. The molecule has 2 N–H and O–H groups in total. The largest absolute Gasteiger partial charge is 0.379 e. The van der Waals surface area contributed by atoms with Crippen LogP contribution in [0, 0.1) is 5.92 Å². The second-order valence-corrected chi connectivity index (χ2v) is 4.50. The van der Waals surface area contributed by atoms with Crippen LogP contribution in [0.2, 0.25) is 0 Å². The Balaban J connectivity index is 1.57. The van der Waals surface area contributed by atoms with Gasteiger partial charge >= 0.3 is 0 Å². The molecule has 2 rings (SSSR count). The molecule has 3 unspecified atom stereocenters. The average molecular weight is 199 g/mol. The molecule has 0 aromatic carbocycles. The molecule has 3 atom stereocenters. The van der Waals surface area contributed by atoms with Crippen molar-refractivity contribution in [2.45, 2.75) is 44.2 Å². The fourth-order valence-corrected chi connectivity index (χ4v) is 2.45. The van der Waals surface area contributed by atoms with E-state index in [4.69, 9.17) is 15.2 Å². The highest BCUT2D eigenvalue weighted by Crippen LogP contribution is 2.26. The minimum absolute atomic E-state index is 0.354. The molecule has 82 valence electrons. The molecule has 1 aliphatic carbocycles. The van der Waals surface area contributed by atoms with Crippen molar-refractivity contribution in [1.82, 2.24) is 0 Å². The van der Waals surface area contributed by atoms with Gasteiger partial charge in [-0.25, -0.2) is 0 Å². The van der Waals surface area contributed by atoms with Crippen molar-refractivity contribution in [3.8, 4) is 0 Å². The fraction of sp³-hybridized carbons (Fsp3) is 1.00. The van der Waals surface area contributed by atoms with E-state index >= 15 is 0 Å². The first-order valence-electron chi connectivity index (χ1n) is 5.81. The molecule has 0 radical (unpaired) electrons. The number of hydrogen-bond acceptors (Lipinski definition) is 3. The van der Waals surface area contributed by atoms with Crippen molar-refractivity contribution in [2.24, 2.45) is 11.7 Å². The summed E-state index contributed by atoms with van der Waals surface area (Å²) < 4.78 is 11.0. The van der Waals surface area contributed by atoms with Crippen LogP contribution in [0.1, 0.15) is 32.1 Å². The molecule has 1 heterocycles. The number of hydrogen-bond donors (Lipinski definition) is 1. The lowest BCUT2D eigenvalue weighted by atomic mass is 10.0. The maximum absolute atomic E-state index is 5.99. The van der Waals surface area contributed by atoms with E-state index in [1.54, 1.807) is 0 Å². The molecule has 0 bridgehead atoms. The van der Waals surface area contributed by atoms with Gasteiger partial charge in [-0.3, -0.25) is 0 Å². The van der Waals surface area contributed by atoms with Crippen molar-refractivity contribution in [3.05, 3.63) is 0 Å². The third kappa shape index (κ3) is 2.69. The molecule has 0 aromatic heterocycles. The Morgan fingerprint density at radius 3 is 2.86 bits per heavy atom. The molecule has 0 spiro atoms. The van der Waals surface area contributed by atoms with Crippen LogP contribution in [0.3, 0.4) is 0 Å². The lowest BCUT2D eigenvalue weighted by Crippen LogP contribution is -2.26. The Bertz CT molecular complexity index is 169.